The van der Waals surface area contributed by atoms with E-state index in [2.05, 4.69) is 19.2 Å². The van der Waals surface area contributed by atoms with E-state index in [0.29, 0.717) is 38.6 Å². The number of carbonyl (C=O) groups is 2. The van der Waals surface area contributed by atoms with Crippen LogP contribution in [0.15, 0.2) is 0 Å². The van der Waals surface area contributed by atoms with Gasteiger partial charge in [0.1, 0.15) is 0 Å². The molecule has 1 rings (SSSR count). The van der Waals surface area contributed by atoms with Gasteiger partial charge in [-0.2, -0.15) is 0 Å². The van der Waals surface area contributed by atoms with Gasteiger partial charge in [0.25, 0.3) is 0 Å². The first-order chi connectivity index (χ1) is 9.99. The summed E-state index contributed by atoms with van der Waals surface area (Å²) in [6.45, 7) is 12.9. The Labute approximate surface area is 128 Å². The van der Waals surface area contributed by atoms with E-state index >= 15 is 0 Å². The molecule has 21 heavy (non-hydrogen) atoms. The molecule has 0 bridgehead atoms. The van der Waals surface area contributed by atoms with Gasteiger partial charge < -0.3 is 20.0 Å². The molecule has 0 aromatic rings. The fraction of sp³-hybridized carbons (Fsp3) is 0.867. The first-order valence-electron chi connectivity index (χ1n) is 8.04. The first-order valence-corrected chi connectivity index (χ1v) is 8.04. The van der Waals surface area contributed by atoms with Gasteiger partial charge in [0.15, 0.2) is 0 Å². The number of urea groups is 1. The highest BCUT2D eigenvalue weighted by Crippen LogP contribution is 2.07. The zero-order valence-corrected chi connectivity index (χ0v) is 13.9. The van der Waals surface area contributed by atoms with Gasteiger partial charge in [0, 0.05) is 58.3 Å². The zero-order chi connectivity index (χ0) is 15.8. The van der Waals surface area contributed by atoms with Crippen molar-refractivity contribution < 1.29 is 9.59 Å². The van der Waals surface area contributed by atoms with Crippen molar-refractivity contribution in [1.82, 2.24) is 20.0 Å². The fourth-order valence-electron chi connectivity index (χ4n) is 2.47. The number of carbonyl (C=O) groups excluding carboxylic acids is 2. The van der Waals surface area contributed by atoms with Crippen LogP contribution in [-0.2, 0) is 4.79 Å². The highest BCUT2D eigenvalue weighted by Gasteiger charge is 2.25. The Kier molecular flexibility index (Phi) is 7.50. The van der Waals surface area contributed by atoms with Crippen molar-refractivity contribution in [3.05, 3.63) is 0 Å². The highest BCUT2D eigenvalue weighted by atomic mass is 16.2. The van der Waals surface area contributed by atoms with Crippen molar-refractivity contribution >= 4 is 11.9 Å². The van der Waals surface area contributed by atoms with Crippen LogP contribution in [0.2, 0.25) is 0 Å². The smallest absolute Gasteiger partial charge is 0.320 e. The molecule has 1 saturated heterocycles. The number of amides is 3. The van der Waals surface area contributed by atoms with Gasteiger partial charge in [-0.25, -0.2) is 4.79 Å². The predicted molar refractivity (Wildman–Crippen MR) is 84.2 cm³/mol. The third-order valence-electron chi connectivity index (χ3n) is 3.83. The lowest BCUT2D eigenvalue weighted by molar-refractivity contribution is -0.132. The van der Waals surface area contributed by atoms with Crippen LogP contribution in [0.3, 0.4) is 0 Å². The van der Waals surface area contributed by atoms with Crippen molar-refractivity contribution in [3.63, 3.8) is 0 Å². The molecule has 0 aliphatic carbocycles. The number of hydrogen-bond donors (Lipinski definition) is 1. The molecule has 1 aliphatic rings. The number of piperazine rings is 1. The number of hydrogen-bond acceptors (Lipinski definition) is 3. The highest BCUT2D eigenvalue weighted by molar-refractivity contribution is 5.78. The van der Waals surface area contributed by atoms with E-state index in [-0.39, 0.29) is 11.9 Å². The number of nitrogens with zero attached hydrogens (tertiary/aromatic N) is 3. The summed E-state index contributed by atoms with van der Waals surface area (Å²) in [6, 6.07) is 0.495. The fourth-order valence-corrected chi connectivity index (χ4v) is 2.47. The quantitative estimate of drug-likeness (QED) is 0.795. The standard InChI is InChI=1S/C15H30N4O2/c1-5-17(6-2)15(21)19-11-9-18(10-12-19)14(20)7-8-16-13(3)4/h13,16H,5-12H2,1-4H3. The van der Waals surface area contributed by atoms with Crippen LogP contribution in [0.25, 0.3) is 0 Å². The molecule has 0 unspecified atom stereocenters. The van der Waals surface area contributed by atoms with Gasteiger partial charge in [0.2, 0.25) is 5.91 Å². The second kappa shape index (κ2) is 8.87. The van der Waals surface area contributed by atoms with Crippen LogP contribution in [-0.4, -0.2) is 78.5 Å². The third-order valence-corrected chi connectivity index (χ3v) is 3.83. The summed E-state index contributed by atoms with van der Waals surface area (Å²) in [5.74, 6) is 0.179. The molecule has 122 valence electrons. The van der Waals surface area contributed by atoms with Crippen LogP contribution in [0.4, 0.5) is 4.79 Å². The summed E-state index contributed by atoms with van der Waals surface area (Å²) < 4.78 is 0. The van der Waals surface area contributed by atoms with E-state index in [9.17, 15) is 9.59 Å². The summed E-state index contributed by atoms with van der Waals surface area (Å²) in [7, 11) is 0. The maximum Gasteiger partial charge on any atom is 0.320 e. The van der Waals surface area contributed by atoms with Crippen LogP contribution < -0.4 is 5.32 Å². The molecule has 1 aliphatic heterocycles. The molecule has 0 saturated carbocycles. The number of rotatable bonds is 6. The molecule has 0 spiro atoms. The van der Waals surface area contributed by atoms with E-state index in [1.54, 1.807) is 0 Å². The van der Waals surface area contributed by atoms with E-state index in [1.165, 1.54) is 0 Å². The molecule has 6 nitrogen and oxygen atoms in total. The summed E-state index contributed by atoms with van der Waals surface area (Å²) in [5, 5.41) is 3.25. The molecule has 3 amide bonds. The molecule has 1 heterocycles. The molecule has 0 aromatic carbocycles. The van der Waals surface area contributed by atoms with E-state index in [0.717, 1.165) is 19.6 Å². The zero-order valence-electron chi connectivity index (χ0n) is 13.9. The molecule has 0 aromatic heterocycles. The topological polar surface area (TPSA) is 55.9 Å². The Morgan fingerprint density at radius 3 is 2.05 bits per heavy atom. The van der Waals surface area contributed by atoms with Gasteiger partial charge in [-0.1, -0.05) is 13.8 Å². The van der Waals surface area contributed by atoms with Crippen LogP contribution in [0.1, 0.15) is 34.1 Å². The number of nitrogens with one attached hydrogen (secondary N) is 1. The summed E-state index contributed by atoms with van der Waals surface area (Å²) in [4.78, 5) is 29.8. The lowest BCUT2D eigenvalue weighted by atomic mass is 10.2. The normalized spacial score (nSPS) is 15.5. The van der Waals surface area contributed by atoms with Gasteiger partial charge in [-0.15, -0.1) is 0 Å². The van der Waals surface area contributed by atoms with E-state index in [1.807, 2.05) is 28.5 Å². The summed E-state index contributed by atoms with van der Waals surface area (Å²) >= 11 is 0. The minimum absolute atomic E-state index is 0.0913. The van der Waals surface area contributed by atoms with Crippen molar-refractivity contribution in [1.29, 1.82) is 0 Å². The van der Waals surface area contributed by atoms with Crippen LogP contribution in [0.5, 0.6) is 0 Å². The monoisotopic (exact) mass is 298 g/mol. The summed E-state index contributed by atoms with van der Waals surface area (Å²) in [5.41, 5.74) is 0. The van der Waals surface area contributed by atoms with Gasteiger partial charge >= 0.3 is 6.03 Å². The Bertz CT molecular complexity index is 335. The average molecular weight is 298 g/mol. The Hall–Kier alpha value is -1.30. The molecular formula is C15H30N4O2. The maximum absolute atomic E-state index is 12.2. The van der Waals surface area contributed by atoms with Gasteiger partial charge in [0.05, 0.1) is 0 Å². The molecule has 0 radical (unpaired) electrons. The molecule has 1 N–H and O–H groups in total. The molecule has 0 atom stereocenters. The van der Waals surface area contributed by atoms with E-state index in [4.69, 9.17) is 0 Å². The SMILES string of the molecule is CCN(CC)C(=O)N1CCN(C(=O)CCNC(C)C)CC1. The van der Waals surface area contributed by atoms with Crippen molar-refractivity contribution in [2.45, 2.75) is 40.2 Å². The lowest BCUT2D eigenvalue weighted by Gasteiger charge is -2.37. The second-order valence-corrected chi connectivity index (χ2v) is 5.68. The Morgan fingerprint density at radius 1 is 1.05 bits per heavy atom. The summed E-state index contributed by atoms with van der Waals surface area (Å²) in [6.07, 6.45) is 0.530. The Balaban J connectivity index is 2.34. The predicted octanol–water partition coefficient (Wildman–Crippen LogP) is 0.981. The Morgan fingerprint density at radius 2 is 1.57 bits per heavy atom. The van der Waals surface area contributed by atoms with Crippen molar-refractivity contribution in [2.24, 2.45) is 0 Å². The molecular weight excluding hydrogens is 268 g/mol. The second-order valence-electron chi connectivity index (χ2n) is 5.68. The van der Waals surface area contributed by atoms with E-state index < -0.39 is 0 Å². The van der Waals surface area contributed by atoms with Gasteiger partial charge in [-0.05, 0) is 13.8 Å². The van der Waals surface area contributed by atoms with Crippen LogP contribution >= 0.6 is 0 Å². The van der Waals surface area contributed by atoms with Gasteiger partial charge in [-0.3, -0.25) is 4.79 Å². The lowest BCUT2D eigenvalue weighted by Crippen LogP contribution is -2.54. The molecule has 6 heteroatoms. The van der Waals surface area contributed by atoms with Crippen molar-refractivity contribution in [3.8, 4) is 0 Å². The third kappa shape index (κ3) is 5.53. The van der Waals surface area contributed by atoms with Crippen LogP contribution in [0, 0.1) is 0 Å². The minimum atomic E-state index is 0.0913. The average Bonchev–Trinajstić information content (AvgIpc) is 2.48. The maximum atomic E-state index is 12.2. The first kappa shape index (κ1) is 17.8. The largest absolute Gasteiger partial charge is 0.339 e. The van der Waals surface area contributed by atoms with Crippen molar-refractivity contribution in [2.75, 3.05) is 45.8 Å². The molecule has 1 fully saturated rings. The minimum Gasteiger partial charge on any atom is -0.339 e.